The first kappa shape index (κ1) is 11.7. The molecule has 0 bridgehead atoms. The predicted molar refractivity (Wildman–Crippen MR) is 55.9 cm³/mol. The lowest BCUT2D eigenvalue weighted by Gasteiger charge is -2.26. The lowest BCUT2D eigenvalue weighted by Crippen LogP contribution is -2.34. The largest absolute Gasteiger partial charge is 0.303 e. The van der Waals surface area contributed by atoms with Crippen LogP contribution in [0.1, 0.15) is 33.6 Å². The van der Waals surface area contributed by atoms with E-state index in [-0.39, 0.29) is 0 Å². The smallest absolute Gasteiger partial charge is 0.0881 e. The monoisotopic (exact) mass is 170 g/mol. The third-order valence-electron chi connectivity index (χ3n) is 2.16. The van der Waals surface area contributed by atoms with Crippen molar-refractivity contribution >= 4 is 0 Å². The second-order valence-electron chi connectivity index (χ2n) is 5.35. The van der Waals surface area contributed by atoms with Crippen LogP contribution in [0.2, 0.25) is 0 Å². The first-order valence-corrected chi connectivity index (χ1v) is 4.73. The van der Waals surface area contributed by atoms with E-state index >= 15 is 0 Å². The molecular formula is C11H24N+. The molecule has 0 aromatic carbocycles. The van der Waals surface area contributed by atoms with E-state index in [1.807, 2.05) is 6.20 Å². The van der Waals surface area contributed by atoms with E-state index in [1.54, 1.807) is 0 Å². The van der Waals surface area contributed by atoms with Crippen molar-refractivity contribution in [3.63, 3.8) is 0 Å². The molecule has 1 heteroatoms. The van der Waals surface area contributed by atoms with E-state index < -0.39 is 0 Å². The molecule has 0 amide bonds. The first-order chi connectivity index (χ1) is 5.27. The van der Waals surface area contributed by atoms with Crippen LogP contribution in [0.4, 0.5) is 0 Å². The third kappa shape index (κ3) is 6.41. The summed E-state index contributed by atoms with van der Waals surface area (Å²) >= 11 is 0. The van der Waals surface area contributed by atoms with Crippen LogP contribution in [0.3, 0.4) is 0 Å². The highest BCUT2D eigenvalue weighted by atomic mass is 15.3. The summed E-state index contributed by atoms with van der Waals surface area (Å²) in [6, 6.07) is 0. The molecule has 0 aliphatic rings. The Bertz CT molecular complexity index is 140. The molecule has 0 rings (SSSR count). The molecule has 0 N–H and O–H groups in total. The van der Waals surface area contributed by atoms with Crippen molar-refractivity contribution in [2.45, 2.75) is 33.6 Å². The number of hydrogen-bond acceptors (Lipinski definition) is 0. The highest BCUT2D eigenvalue weighted by molar-refractivity contribution is 4.61. The molecule has 0 unspecified atom stereocenters. The average Bonchev–Trinajstić information content (AvgIpc) is 1.84. The summed E-state index contributed by atoms with van der Waals surface area (Å²) in [5.74, 6) is 0. The number of nitrogens with zero attached hydrogens (tertiary/aromatic N) is 1. The summed E-state index contributed by atoms with van der Waals surface area (Å²) in [4.78, 5) is 0. The van der Waals surface area contributed by atoms with Crippen LogP contribution >= 0.6 is 0 Å². The van der Waals surface area contributed by atoms with Crippen LogP contribution in [0.15, 0.2) is 12.8 Å². The van der Waals surface area contributed by atoms with Gasteiger partial charge in [-0.2, -0.15) is 0 Å². The van der Waals surface area contributed by atoms with Crippen LogP contribution < -0.4 is 0 Å². The molecule has 0 aromatic rings. The summed E-state index contributed by atoms with van der Waals surface area (Å²) in [6.07, 6.45) is 4.58. The molecule has 0 saturated heterocycles. The fourth-order valence-corrected chi connectivity index (χ4v) is 1.11. The number of rotatable bonds is 4. The quantitative estimate of drug-likeness (QED) is 0.569. The number of hydrogen-bond donors (Lipinski definition) is 0. The zero-order valence-corrected chi connectivity index (χ0v) is 9.35. The van der Waals surface area contributed by atoms with Gasteiger partial charge in [0.15, 0.2) is 0 Å². The molecule has 0 aliphatic heterocycles. The fraction of sp³-hybridized carbons (Fsp3) is 0.818. The molecule has 0 atom stereocenters. The Labute approximate surface area is 77.7 Å². The maximum absolute atomic E-state index is 3.82. The van der Waals surface area contributed by atoms with Crippen LogP contribution in [0.25, 0.3) is 0 Å². The maximum atomic E-state index is 3.82. The Hall–Kier alpha value is -0.300. The van der Waals surface area contributed by atoms with E-state index in [2.05, 4.69) is 41.4 Å². The molecule has 12 heavy (non-hydrogen) atoms. The summed E-state index contributed by atoms with van der Waals surface area (Å²) in [5.41, 5.74) is 0.473. The second-order valence-corrected chi connectivity index (χ2v) is 5.35. The van der Waals surface area contributed by atoms with Gasteiger partial charge < -0.3 is 4.48 Å². The minimum Gasteiger partial charge on any atom is -0.303 e. The third-order valence-corrected chi connectivity index (χ3v) is 2.16. The maximum Gasteiger partial charge on any atom is 0.0881 e. The summed E-state index contributed by atoms with van der Waals surface area (Å²) < 4.78 is 0.927. The predicted octanol–water partition coefficient (Wildman–Crippen LogP) is 3.03. The van der Waals surface area contributed by atoms with Crippen molar-refractivity contribution in [3.8, 4) is 0 Å². The van der Waals surface area contributed by atoms with E-state index in [0.717, 1.165) is 4.48 Å². The highest BCUT2D eigenvalue weighted by Crippen LogP contribution is 2.21. The average molecular weight is 170 g/mol. The zero-order valence-electron chi connectivity index (χ0n) is 9.35. The minimum atomic E-state index is 0.473. The van der Waals surface area contributed by atoms with Crippen LogP contribution in [0, 0.1) is 5.41 Å². The molecule has 0 fully saturated rings. The van der Waals surface area contributed by atoms with Gasteiger partial charge in [0, 0.05) is 0 Å². The highest BCUT2D eigenvalue weighted by Gasteiger charge is 2.14. The Morgan fingerprint density at radius 2 is 1.75 bits per heavy atom. The van der Waals surface area contributed by atoms with Crippen molar-refractivity contribution in [1.82, 2.24) is 0 Å². The number of quaternary nitrogens is 1. The van der Waals surface area contributed by atoms with Gasteiger partial charge in [-0.25, -0.2) is 0 Å². The van der Waals surface area contributed by atoms with E-state index in [1.165, 1.54) is 19.4 Å². The van der Waals surface area contributed by atoms with Crippen molar-refractivity contribution in [2.24, 2.45) is 5.41 Å². The minimum absolute atomic E-state index is 0.473. The van der Waals surface area contributed by atoms with Gasteiger partial charge in [-0.3, -0.25) is 0 Å². The molecule has 0 radical (unpaired) electrons. The van der Waals surface area contributed by atoms with Gasteiger partial charge >= 0.3 is 0 Å². The molecule has 0 aliphatic carbocycles. The Morgan fingerprint density at radius 3 is 2.08 bits per heavy atom. The van der Waals surface area contributed by atoms with E-state index in [0.29, 0.717) is 5.41 Å². The summed E-state index contributed by atoms with van der Waals surface area (Å²) in [5, 5.41) is 0. The molecule has 0 aromatic heterocycles. The van der Waals surface area contributed by atoms with Gasteiger partial charge in [0.1, 0.15) is 0 Å². The Kier molecular flexibility index (Phi) is 3.98. The molecular weight excluding hydrogens is 146 g/mol. The molecule has 0 saturated carbocycles. The second kappa shape index (κ2) is 4.08. The van der Waals surface area contributed by atoms with E-state index in [4.69, 9.17) is 0 Å². The molecule has 0 spiro atoms. The Morgan fingerprint density at radius 1 is 1.25 bits per heavy atom. The van der Waals surface area contributed by atoms with Crippen LogP contribution in [0.5, 0.6) is 0 Å². The summed E-state index contributed by atoms with van der Waals surface area (Å²) in [7, 11) is 4.38. The topological polar surface area (TPSA) is 0 Å². The fourth-order valence-electron chi connectivity index (χ4n) is 1.11. The van der Waals surface area contributed by atoms with Gasteiger partial charge in [0.2, 0.25) is 0 Å². The van der Waals surface area contributed by atoms with Gasteiger partial charge in [-0.05, 0) is 24.8 Å². The summed E-state index contributed by atoms with van der Waals surface area (Å²) in [6.45, 7) is 11.9. The van der Waals surface area contributed by atoms with Gasteiger partial charge in [0.25, 0.3) is 0 Å². The normalized spacial score (nSPS) is 13.1. The molecule has 1 nitrogen and oxygen atoms in total. The van der Waals surface area contributed by atoms with Gasteiger partial charge in [0.05, 0.1) is 26.8 Å². The molecule has 0 heterocycles. The van der Waals surface area contributed by atoms with Crippen molar-refractivity contribution in [3.05, 3.63) is 12.8 Å². The SMILES string of the molecule is C=C[N+](C)(C)CCCC(C)(C)C. The lowest BCUT2D eigenvalue weighted by atomic mass is 9.90. The lowest BCUT2D eigenvalue weighted by molar-refractivity contribution is -0.838. The standard InChI is InChI=1S/C11H24N/c1-7-12(5,6)10-8-9-11(2,3)4/h7H,1,8-10H2,2-6H3/q+1. The van der Waals surface area contributed by atoms with Crippen molar-refractivity contribution in [1.29, 1.82) is 0 Å². The van der Waals surface area contributed by atoms with Crippen molar-refractivity contribution in [2.75, 3.05) is 20.6 Å². The van der Waals surface area contributed by atoms with Gasteiger partial charge in [-0.1, -0.05) is 20.8 Å². The Balaban J connectivity index is 3.64. The zero-order chi connectivity index (χ0) is 9.83. The van der Waals surface area contributed by atoms with E-state index in [9.17, 15) is 0 Å². The van der Waals surface area contributed by atoms with Crippen LogP contribution in [-0.2, 0) is 0 Å². The van der Waals surface area contributed by atoms with Crippen molar-refractivity contribution < 1.29 is 4.48 Å². The van der Waals surface area contributed by atoms with Gasteiger partial charge in [-0.15, -0.1) is 0 Å². The van der Waals surface area contributed by atoms with Crippen LogP contribution in [-0.4, -0.2) is 25.1 Å². The molecule has 72 valence electrons. The first-order valence-electron chi connectivity index (χ1n) is 4.73.